The predicted octanol–water partition coefficient (Wildman–Crippen LogP) is 3.01. The summed E-state index contributed by atoms with van der Waals surface area (Å²) in [7, 11) is 1.83. The van der Waals surface area contributed by atoms with Gasteiger partial charge in [0, 0.05) is 32.0 Å². The van der Waals surface area contributed by atoms with E-state index in [4.69, 9.17) is 5.73 Å². The number of hydrogen-bond donors (Lipinski definition) is 1. The van der Waals surface area contributed by atoms with Crippen LogP contribution in [-0.4, -0.2) is 30.4 Å². The average Bonchev–Trinajstić information content (AvgIpc) is 2.59. The molecule has 0 radical (unpaired) electrons. The molecule has 2 aromatic rings. The molecule has 22 heavy (non-hydrogen) atoms. The van der Waals surface area contributed by atoms with Crippen molar-refractivity contribution in [2.24, 2.45) is 5.73 Å². The summed E-state index contributed by atoms with van der Waals surface area (Å²) in [5.74, 6) is 0.193. The van der Waals surface area contributed by atoms with Crippen molar-refractivity contribution in [3.8, 4) is 0 Å². The zero-order valence-electron chi connectivity index (χ0n) is 13.3. The molecule has 116 valence electrons. The molecule has 0 bridgehead atoms. The third-order valence-corrected chi connectivity index (χ3v) is 4.18. The number of amides is 1. The molecule has 2 rings (SSSR count). The maximum absolute atomic E-state index is 12.6. The first-order chi connectivity index (χ1) is 10.6. The van der Waals surface area contributed by atoms with Gasteiger partial charge in [-0.3, -0.25) is 4.79 Å². The lowest BCUT2D eigenvalue weighted by Crippen LogP contribution is -2.40. The number of carbonyl (C=O) groups excluding carboxylic acids is 1. The van der Waals surface area contributed by atoms with Gasteiger partial charge in [-0.05, 0) is 18.1 Å². The standard InChI is InChI=1S/C19H24N2O/c1-15(14-20)21(2)19(22)13-18(16-9-5-3-6-10-16)17-11-7-4-8-12-17/h3-12,15,18H,13-14,20H2,1-2H3. The van der Waals surface area contributed by atoms with E-state index in [-0.39, 0.29) is 17.9 Å². The maximum atomic E-state index is 12.6. The van der Waals surface area contributed by atoms with Gasteiger partial charge in [-0.15, -0.1) is 0 Å². The first-order valence-electron chi connectivity index (χ1n) is 7.69. The van der Waals surface area contributed by atoms with Gasteiger partial charge in [-0.2, -0.15) is 0 Å². The quantitative estimate of drug-likeness (QED) is 0.890. The fourth-order valence-electron chi connectivity index (χ4n) is 2.52. The number of benzene rings is 2. The summed E-state index contributed by atoms with van der Waals surface area (Å²) in [6.45, 7) is 2.45. The summed E-state index contributed by atoms with van der Waals surface area (Å²) in [5, 5.41) is 0. The number of nitrogens with two attached hydrogens (primary N) is 1. The van der Waals surface area contributed by atoms with E-state index < -0.39 is 0 Å². The van der Waals surface area contributed by atoms with Crippen LogP contribution in [0.4, 0.5) is 0 Å². The summed E-state index contributed by atoms with van der Waals surface area (Å²) in [5.41, 5.74) is 8.00. The molecule has 0 heterocycles. The minimum atomic E-state index is 0.0553. The van der Waals surface area contributed by atoms with Gasteiger partial charge >= 0.3 is 0 Å². The van der Waals surface area contributed by atoms with Gasteiger partial charge in [0.1, 0.15) is 0 Å². The minimum Gasteiger partial charge on any atom is -0.342 e. The topological polar surface area (TPSA) is 46.3 Å². The van der Waals surface area contributed by atoms with Crippen LogP contribution in [0.2, 0.25) is 0 Å². The van der Waals surface area contributed by atoms with E-state index in [1.54, 1.807) is 4.90 Å². The molecule has 1 unspecified atom stereocenters. The fraction of sp³-hybridized carbons (Fsp3) is 0.316. The van der Waals surface area contributed by atoms with E-state index in [2.05, 4.69) is 24.3 Å². The molecule has 0 aliphatic rings. The van der Waals surface area contributed by atoms with Crippen LogP contribution in [0, 0.1) is 0 Å². The molecule has 0 saturated heterocycles. The van der Waals surface area contributed by atoms with Crippen molar-refractivity contribution in [1.82, 2.24) is 4.90 Å². The van der Waals surface area contributed by atoms with Crippen molar-refractivity contribution in [2.75, 3.05) is 13.6 Å². The van der Waals surface area contributed by atoms with Crippen LogP contribution in [0.15, 0.2) is 60.7 Å². The molecule has 2 aromatic carbocycles. The van der Waals surface area contributed by atoms with Crippen molar-refractivity contribution < 1.29 is 4.79 Å². The molecule has 0 aliphatic carbocycles. The second-order valence-electron chi connectivity index (χ2n) is 5.67. The van der Waals surface area contributed by atoms with Crippen LogP contribution in [0.1, 0.15) is 30.4 Å². The van der Waals surface area contributed by atoms with E-state index in [0.29, 0.717) is 13.0 Å². The second kappa shape index (κ2) is 7.76. The number of carbonyl (C=O) groups is 1. The lowest BCUT2D eigenvalue weighted by molar-refractivity contribution is -0.131. The average molecular weight is 296 g/mol. The van der Waals surface area contributed by atoms with Gasteiger partial charge in [0.05, 0.1) is 0 Å². The Balaban J connectivity index is 2.25. The first-order valence-corrected chi connectivity index (χ1v) is 7.69. The van der Waals surface area contributed by atoms with Crippen LogP contribution >= 0.6 is 0 Å². The van der Waals surface area contributed by atoms with Gasteiger partial charge in [-0.25, -0.2) is 0 Å². The largest absolute Gasteiger partial charge is 0.342 e. The van der Waals surface area contributed by atoms with E-state index in [1.807, 2.05) is 50.4 Å². The highest BCUT2D eigenvalue weighted by atomic mass is 16.2. The van der Waals surface area contributed by atoms with Gasteiger partial charge in [0.25, 0.3) is 0 Å². The van der Waals surface area contributed by atoms with Crippen molar-refractivity contribution >= 4 is 5.91 Å². The van der Waals surface area contributed by atoms with E-state index in [0.717, 1.165) is 11.1 Å². The van der Waals surface area contributed by atoms with Crippen LogP contribution in [-0.2, 0) is 4.79 Å². The van der Waals surface area contributed by atoms with Crippen LogP contribution in [0.5, 0.6) is 0 Å². The van der Waals surface area contributed by atoms with E-state index in [1.165, 1.54) is 0 Å². The Morgan fingerprint density at radius 1 is 1.00 bits per heavy atom. The summed E-state index contributed by atoms with van der Waals surface area (Å²) >= 11 is 0. The van der Waals surface area contributed by atoms with Crippen molar-refractivity contribution in [2.45, 2.75) is 25.3 Å². The minimum absolute atomic E-state index is 0.0553. The Hall–Kier alpha value is -2.13. The summed E-state index contributed by atoms with van der Waals surface area (Å²) in [6.07, 6.45) is 0.453. The Morgan fingerprint density at radius 2 is 1.45 bits per heavy atom. The monoisotopic (exact) mass is 296 g/mol. The number of nitrogens with zero attached hydrogens (tertiary/aromatic N) is 1. The smallest absolute Gasteiger partial charge is 0.223 e. The van der Waals surface area contributed by atoms with Gasteiger partial charge in [0.15, 0.2) is 0 Å². The van der Waals surface area contributed by atoms with E-state index in [9.17, 15) is 4.79 Å². The highest BCUT2D eigenvalue weighted by Crippen LogP contribution is 2.28. The third kappa shape index (κ3) is 3.95. The Morgan fingerprint density at radius 3 is 1.86 bits per heavy atom. The molecule has 1 atom stereocenters. The molecule has 0 fully saturated rings. The van der Waals surface area contributed by atoms with Crippen molar-refractivity contribution in [1.29, 1.82) is 0 Å². The third-order valence-electron chi connectivity index (χ3n) is 4.18. The SMILES string of the molecule is CC(CN)N(C)C(=O)CC(c1ccccc1)c1ccccc1. The van der Waals surface area contributed by atoms with Crippen LogP contribution < -0.4 is 5.73 Å². The molecule has 2 N–H and O–H groups in total. The molecule has 1 amide bonds. The zero-order chi connectivity index (χ0) is 15.9. The molecule has 3 heteroatoms. The van der Waals surface area contributed by atoms with E-state index >= 15 is 0 Å². The normalized spacial score (nSPS) is 12.2. The molecule has 0 spiro atoms. The Bertz CT molecular complexity index is 543. The predicted molar refractivity (Wildman–Crippen MR) is 90.6 cm³/mol. The molecule has 0 aromatic heterocycles. The Kier molecular flexibility index (Phi) is 5.73. The van der Waals surface area contributed by atoms with Gasteiger partial charge < -0.3 is 10.6 Å². The lowest BCUT2D eigenvalue weighted by Gasteiger charge is -2.26. The van der Waals surface area contributed by atoms with Crippen molar-refractivity contribution in [3.05, 3.63) is 71.8 Å². The highest BCUT2D eigenvalue weighted by Gasteiger charge is 2.22. The molecule has 0 saturated carbocycles. The van der Waals surface area contributed by atoms with Gasteiger partial charge in [0.2, 0.25) is 5.91 Å². The molecular formula is C19H24N2O. The van der Waals surface area contributed by atoms with Gasteiger partial charge in [-0.1, -0.05) is 60.7 Å². The zero-order valence-corrected chi connectivity index (χ0v) is 13.3. The lowest BCUT2D eigenvalue weighted by atomic mass is 9.88. The van der Waals surface area contributed by atoms with Crippen LogP contribution in [0.3, 0.4) is 0 Å². The van der Waals surface area contributed by atoms with Crippen molar-refractivity contribution in [3.63, 3.8) is 0 Å². The first kappa shape index (κ1) is 16.2. The highest BCUT2D eigenvalue weighted by molar-refractivity contribution is 5.77. The summed E-state index contributed by atoms with van der Waals surface area (Å²) < 4.78 is 0. The fourth-order valence-corrected chi connectivity index (χ4v) is 2.52. The maximum Gasteiger partial charge on any atom is 0.223 e. The number of hydrogen-bond acceptors (Lipinski definition) is 2. The second-order valence-corrected chi connectivity index (χ2v) is 5.67. The summed E-state index contributed by atoms with van der Waals surface area (Å²) in [6, 6.07) is 20.4. The number of rotatable bonds is 6. The summed E-state index contributed by atoms with van der Waals surface area (Å²) in [4.78, 5) is 14.3. The van der Waals surface area contributed by atoms with Crippen LogP contribution in [0.25, 0.3) is 0 Å². The molecule has 3 nitrogen and oxygen atoms in total. The number of likely N-dealkylation sites (N-methyl/N-ethyl adjacent to an activating group) is 1. The molecule has 0 aliphatic heterocycles. The Labute approximate surface area is 132 Å². The molecular weight excluding hydrogens is 272 g/mol.